The average molecular weight is 223 g/mol. The summed E-state index contributed by atoms with van der Waals surface area (Å²) in [6, 6.07) is 8.72. The molecule has 0 aliphatic rings. The number of aliphatic hydroxyl groups is 1. The molecule has 0 aliphatic heterocycles. The van der Waals surface area contributed by atoms with E-state index in [-0.39, 0.29) is 0 Å². The van der Waals surface area contributed by atoms with Crippen LogP contribution >= 0.6 is 0 Å². The molecule has 0 saturated carbocycles. The number of ether oxygens (including phenoxy) is 1. The van der Waals surface area contributed by atoms with E-state index < -0.39 is 18.3 Å². The van der Waals surface area contributed by atoms with E-state index in [1.807, 2.05) is 30.3 Å². The van der Waals surface area contributed by atoms with Crippen molar-refractivity contribution < 1.29 is 14.6 Å². The molecule has 0 heterocycles. The zero-order valence-corrected chi connectivity index (χ0v) is 9.30. The van der Waals surface area contributed by atoms with Gasteiger partial charge in [0.2, 0.25) is 0 Å². The lowest BCUT2D eigenvalue weighted by atomic mass is 10.1. The molecule has 0 aromatic heterocycles. The monoisotopic (exact) mass is 223 g/mol. The quantitative estimate of drug-likeness (QED) is 0.573. The smallest absolute Gasteiger partial charge is 0.325 e. The fourth-order valence-corrected chi connectivity index (χ4v) is 1.26. The van der Waals surface area contributed by atoms with E-state index in [4.69, 9.17) is 15.6 Å². The van der Waals surface area contributed by atoms with E-state index in [1.54, 1.807) is 6.92 Å². The average Bonchev–Trinajstić information content (AvgIpc) is 2.30. The van der Waals surface area contributed by atoms with E-state index >= 15 is 0 Å². The maximum absolute atomic E-state index is 11.4. The molecular weight excluding hydrogens is 206 g/mol. The van der Waals surface area contributed by atoms with Gasteiger partial charge in [0.1, 0.15) is 6.04 Å². The predicted octanol–water partition coefficient (Wildman–Crippen LogP) is 0.828. The standard InChI is InChI=1S/C12H17NO3/c1-2-11(14)16-12(15)10(13)8-9-6-4-3-5-7-9/h3-7,10-11,14H,2,8,13H2,1H3/t10-,11?/m0/s1. The summed E-state index contributed by atoms with van der Waals surface area (Å²) in [7, 11) is 0. The summed E-state index contributed by atoms with van der Waals surface area (Å²) < 4.78 is 4.73. The van der Waals surface area contributed by atoms with Gasteiger partial charge in [-0.2, -0.15) is 0 Å². The van der Waals surface area contributed by atoms with Crippen LogP contribution in [0.1, 0.15) is 18.9 Å². The third-order valence-electron chi connectivity index (χ3n) is 2.20. The number of nitrogens with two attached hydrogens (primary N) is 1. The van der Waals surface area contributed by atoms with Gasteiger partial charge in [0, 0.05) is 6.42 Å². The van der Waals surface area contributed by atoms with Crippen molar-refractivity contribution in [3.05, 3.63) is 35.9 Å². The second-order valence-corrected chi connectivity index (χ2v) is 3.60. The van der Waals surface area contributed by atoms with Crippen molar-refractivity contribution in [3.63, 3.8) is 0 Å². The Kier molecular flexibility index (Phi) is 4.95. The summed E-state index contributed by atoms with van der Waals surface area (Å²) in [6.07, 6.45) is -0.283. The van der Waals surface area contributed by atoms with Crippen LogP contribution in [0.5, 0.6) is 0 Å². The Bertz CT molecular complexity index is 326. The minimum atomic E-state index is -1.06. The second-order valence-electron chi connectivity index (χ2n) is 3.60. The molecular formula is C12H17NO3. The van der Waals surface area contributed by atoms with Gasteiger partial charge in [0.15, 0.2) is 6.29 Å². The van der Waals surface area contributed by atoms with Crippen LogP contribution in [0.25, 0.3) is 0 Å². The van der Waals surface area contributed by atoms with Gasteiger partial charge in [0.25, 0.3) is 0 Å². The maximum Gasteiger partial charge on any atom is 0.325 e. The Morgan fingerprint density at radius 2 is 2.06 bits per heavy atom. The van der Waals surface area contributed by atoms with Crippen molar-refractivity contribution in [2.24, 2.45) is 5.73 Å². The molecule has 88 valence electrons. The lowest BCUT2D eigenvalue weighted by Crippen LogP contribution is -2.36. The molecule has 0 spiro atoms. The third-order valence-corrected chi connectivity index (χ3v) is 2.20. The molecule has 4 nitrogen and oxygen atoms in total. The number of carbonyl (C=O) groups excluding carboxylic acids is 1. The molecule has 1 rings (SSSR count). The highest BCUT2D eigenvalue weighted by molar-refractivity contribution is 5.76. The number of benzene rings is 1. The molecule has 4 heteroatoms. The second kappa shape index (κ2) is 6.25. The molecule has 1 unspecified atom stereocenters. The summed E-state index contributed by atoms with van der Waals surface area (Å²) in [4.78, 5) is 11.4. The van der Waals surface area contributed by atoms with Gasteiger partial charge in [-0.15, -0.1) is 0 Å². The van der Waals surface area contributed by atoms with Crippen LogP contribution in [-0.2, 0) is 16.0 Å². The van der Waals surface area contributed by atoms with Crippen LogP contribution in [0.15, 0.2) is 30.3 Å². The van der Waals surface area contributed by atoms with E-state index in [2.05, 4.69) is 0 Å². The lowest BCUT2D eigenvalue weighted by Gasteiger charge is -2.14. The van der Waals surface area contributed by atoms with Crippen molar-refractivity contribution in [3.8, 4) is 0 Å². The molecule has 3 N–H and O–H groups in total. The topological polar surface area (TPSA) is 72.5 Å². The number of carbonyl (C=O) groups is 1. The van der Waals surface area contributed by atoms with Crippen molar-refractivity contribution >= 4 is 5.97 Å². The van der Waals surface area contributed by atoms with Gasteiger partial charge in [-0.1, -0.05) is 37.3 Å². The highest BCUT2D eigenvalue weighted by Gasteiger charge is 2.18. The van der Waals surface area contributed by atoms with Gasteiger partial charge in [0.05, 0.1) is 0 Å². The first-order valence-electron chi connectivity index (χ1n) is 5.31. The Morgan fingerprint density at radius 3 is 2.62 bits per heavy atom. The van der Waals surface area contributed by atoms with E-state index in [1.165, 1.54) is 0 Å². The normalized spacial score (nSPS) is 14.2. The number of aliphatic hydroxyl groups excluding tert-OH is 1. The fourth-order valence-electron chi connectivity index (χ4n) is 1.26. The molecule has 0 bridgehead atoms. The summed E-state index contributed by atoms with van der Waals surface area (Å²) in [5, 5.41) is 9.14. The summed E-state index contributed by atoms with van der Waals surface area (Å²) >= 11 is 0. The van der Waals surface area contributed by atoms with Gasteiger partial charge in [-0.25, -0.2) is 0 Å². The van der Waals surface area contributed by atoms with E-state index in [0.717, 1.165) is 5.56 Å². The molecule has 0 fully saturated rings. The van der Waals surface area contributed by atoms with Gasteiger partial charge in [-0.05, 0) is 12.0 Å². The van der Waals surface area contributed by atoms with Crippen LogP contribution in [-0.4, -0.2) is 23.4 Å². The number of hydrogen-bond donors (Lipinski definition) is 2. The van der Waals surface area contributed by atoms with Crippen molar-refractivity contribution in [2.45, 2.75) is 32.1 Å². The zero-order valence-electron chi connectivity index (χ0n) is 9.30. The number of rotatable bonds is 5. The highest BCUT2D eigenvalue weighted by atomic mass is 16.6. The molecule has 1 aromatic rings. The van der Waals surface area contributed by atoms with E-state index in [9.17, 15) is 4.79 Å². The van der Waals surface area contributed by atoms with Crippen LogP contribution in [0.2, 0.25) is 0 Å². The molecule has 0 saturated heterocycles. The van der Waals surface area contributed by atoms with Crippen LogP contribution in [0.4, 0.5) is 0 Å². The fraction of sp³-hybridized carbons (Fsp3) is 0.417. The van der Waals surface area contributed by atoms with Crippen LogP contribution in [0, 0.1) is 0 Å². The summed E-state index contributed by atoms with van der Waals surface area (Å²) in [6.45, 7) is 1.72. The largest absolute Gasteiger partial charge is 0.435 e. The van der Waals surface area contributed by atoms with Crippen LogP contribution in [0.3, 0.4) is 0 Å². The predicted molar refractivity (Wildman–Crippen MR) is 60.5 cm³/mol. The van der Waals surface area contributed by atoms with Gasteiger partial charge in [-0.3, -0.25) is 4.79 Å². The molecule has 16 heavy (non-hydrogen) atoms. The number of hydrogen-bond acceptors (Lipinski definition) is 4. The first-order valence-corrected chi connectivity index (χ1v) is 5.31. The van der Waals surface area contributed by atoms with Crippen LogP contribution < -0.4 is 5.73 Å². The maximum atomic E-state index is 11.4. The molecule has 0 amide bonds. The van der Waals surface area contributed by atoms with Gasteiger partial charge < -0.3 is 15.6 Å². The molecule has 1 aromatic carbocycles. The first-order chi connectivity index (χ1) is 7.63. The Morgan fingerprint density at radius 1 is 1.44 bits per heavy atom. The van der Waals surface area contributed by atoms with Crippen molar-refractivity contribution in [1.29, 1.82) is 0 Å². The number of esters is 1. The zero-order chi connectivity index (χ0) is 12.0. The van der Waals surface area contributed by atoms with Gasteiger partial charge >= 0.3 is 5.97 Å². The SMILES string of the molecule is CCC(O)OC(=O)[C@@H](N)Cc1ccccc1. The lowest BCUT2D eigenvalue weighted by molar-refractivity contribution is -0.169. The summed E-state index contributed by atoms with van der Waals surface area (Å²) in [5.41, 5.74) is 6.64. The highest BCUT2D eigenvalue weighted by Crippen LogP contribution is 2.04. The first kappa shape index (κ1) is 12.7. The van der Waals surface area contributed by atoms with Crippen molar-refractivity contribution in [1.82, 2.24) is 0 Å². The van der Waals surface area contributed by atoms with Crippen molar-refractivity contribution in [2.75, 3.05) is 0 Å². The third kappa shape index (κ3) is 4.00. The molecule has 0 radical (unpaired) electrons. The van der Waals surface area contributed by atoms with E-state index in [0.29, 0.717) is 12.8 Å². The minimum Gasteiger partial charge on any atom is -0.435 e. The summed E-state index contributed by atoms with van der Waals surface area (Å²) in [5.74, 6) is -0.571. The Balaban J connectivity index is 2.46. The molecule has 0 aliphatic carbocycles. The Hall–Kier alpha value is -1.39. The minimum absolute atomic E-state index is 0.365. The Labute approximate surface area is 95.0 Å². The molecule has 2 atom stereocenters.